The van der Waals surface area contributed by atoms with Crippen molar-refractivity contribution in [2.24, 2.45) is 0 Å². The van der Waals surface area contributed by atoms with E-state index < -0.39 is 0 Å². The first-order valence-corrected chi connectivity index (χ1v) is 5.23. The van der Waals surface area contributed by atoms with Crippen LogP contribution >= 0.6 is 0 Å². The molecule has 0 saturated heterocycles. The van der Waals surface area contributed by atoms with Gasteiger partial charge >= 0.3 is 0 Å². The highest BCUT2D eigenvalue weighted by Crippen LogP contribution is 2.11. The molecule has 2 aliphatic rings. The van der Waals surface area contributed by atoms with Crippen LogP contribution in [0.25, 0.3) is 11.6 Å². The van der Waals surface area contributed by atoms with Gasteiger partial charge in [0, 0.05) is 0 Å². The average molecular weight is 208 g/mol. The zero-order chi connectivity index (χ0) is 11.0. The summed E-state index contributed by atoms with van der Waals surface area (Å²) in [6.45, 7) is 0. The third kappa shape index (κ3) is 1.39. The van der Waals surface area contributed by atoms with Crippen LogP contribution in [0.1, 0.15) is 0 Å². The highest BCUT2D eigenvalue weighted by molar-refractivity contribution is 6.06. The van der Waals surface area contributed by atoms with E-state index in [0.717, 1.165) is 16.0 Å². The fraction of sp³-hybridized carbons (Fsp3) is 0.0714. The van der Waals surface area contributed by atoms with E-state index in [4.69, 9.17) is 0 Å². The maximum atomic E-state index is 11.6. The Morgan fingerprint density at radius 2 is 2.06 bits per heavy atom. The van der Waals surface area contributed by atoms with Crippen molar-refractivity contribution in [2.75, 3.05) is 0 Å². The zero-order valence-corrected chi connectivity index (χ0v) is 8.60. The first-order valence-electron chi connectivity index (χ1n) is 5.23. The predicted octanol–water partition coefficient (Wildman–Crippen LogP) is 0.119. The lowest BCUT2D eigenvalue weighted by molar-refractivity contribution is -0.115. The van der Waals surface area contributed by atoms with Gasteiger partial charge in [-0.3, -0.25) is 4.79 Å². The van der Waals surface area contributed by atoms with E-state index in [1.165, 1.54) is 0 Å². The van der Waals surface area contributed by atoms with Gasteiger partial charge in [0.2, 0.25) is 0 Å². The lowest BCUT2D eigenvalue weighted by atomic mass is 9.99. The summed E-state index contributed by atoms with van der Waals surface area (Å²) in [6, 6.07) is 7.80. The number of amides is 1. The van der Waals surface area contributed by atoms with Crippen molar-refractivity contribution in [3.05, 3.63) is 59.0 Å². The summed E-state index contributed by atoms with van der Waals surface area (Å²) in [5.74, 6) is -0.160. The molecule has 1 amide bonds. The van der Waals surface area contributed by atoms with Gasteiger partial charge in [0.05, 0.1) is 12.1 Å². The van der Waals surface area contributed by atoms with Crippen molar-refractivity contribution >= 4 is 17.6 Å². The molecule has 2 heteroatoms. The molecule has 1 atom stereocenters. The van der Waals surface area contributed by atoms with E-state index in [1.54, 1.807) is 0 Å². The summed E-state index contributed by atoms with van der Waals surface area (Å²) in [7, 11) is 0. The molecule has 1 aromatic rings. The van der Waals surface area contributed by atoms with Crippen molar-refractivity contribution in [3.63, 3.8) is 0 Å². The van der Waals surface area contributed by atoms with E-state index in [1.807, 2.05) is 48.6 Å². The van der Waals surface area contributed by atoms with E-state index in [-0.39, 0.29) is 11.9 Å². The molecule has 0 fully saturated rings. The Kier molecular flexibility index (Phi) is 2.00. The lowest BCUT2D eigenvalue weighted by Gasteiger charge is -2.16. The molecule has 0 bridgehead atoms. The molecule has 3 rings (SSSR count). The second-order valence-corrected chi connectivity index (χ2v) is 3.82. The molecule has 1 N–H and O–H groups in total. The van der Waals surface area contributed by atoms with Crippen molar-refractivity contribution in [3.8, 4) is 0 Å². The maximum Gasteiger partial charge on any atom is 0.253 e. The van der Waals surface area contributed by atoms with E-state index in [2.05, 4.69) is 11.4 Å². The quantitative estimate of drug-likeness (QED) is 0.644. The van der Waals surface area contributed by atoms with E-state index in [9.17, 15) is 4.79 Å². The Morgan fingerprint density at radius 1 is 1.19 bits per heavy atom. The molecule has 1 heterocycles. The van der Waals surface area contributed by atoms with Crippen LogP contribution in [0.15, 0.2) is 48.6 Å². The fourth-order valence-electron chi connectivity index (χ4n) is 2.07. The highest BCUT2D eigenvalue weighted by Gasteiger charge is 2.16. The molecular formula is C14H10NO. The molecule has 16 heavy (non-hydrogen) atoms. The molecule has 1 unspecified atom stereocenters. The van der Waals surface area contributed by atoms with Crippen molar-refractivity contribution in [2.45, 2.75) is 6.04 Å². The molecule has 0 spiro atoms. The van der Waals surface area contributed by atoms with Crippen LogP contribution in [-0.4, -0.2) is 11.9 Å². The maximum absolute atomic E-state index is 11.6. The smallest absolute Gasteiger partial charge is 0.253 e. The highest BCUT2D eigenvalue weighted by atomic mass is 16.1. The Morgan fingerprint density at radius 3 is 3.00 bits per heavy atom. The molecule has 2 nitrogen and oxygen atoms in total. The van der Waals surface area contributed by atoms with Crippen molar-refractivity contribution in [1.82, 2.24) is 5.32 Å². The number of fused-ring (bicyclic) bond motifs is 2. The van der Waals surface area contributed by atoms with Gasteiger partial charge in [0.1, 0.15) is 0 Å². The van der Waals surface area contributed by atoms with Crippen LogP contribution < -0.4 is 15.8 Å². The van der Waals surface area contributed by atoms with Crippen LogP contribution in [-0.2, 0) is 4.79 Å². The zero-order valence-electron chi connectivity index (χ0n) is 8.60. The average Bonchev–Trinajstić information content (AvgIpc) is 2.44. The van der Waals surface area contributed by atoms with Gasteiger partial charge in [-0.2, -0.15) is 0 Å². The Balaban J connectivity index is 2.42. The fourth-order valence-corrected chi connectivity index (χ4v) is 2.07. The summed E-state index contributed by atoms with van der Waals surface area (Å²) in [6.07, 6.45) is 10.8. The molecule has 1 aliphatic heterocycles. The second-order valence-electron chi connectivity index (χ2n) is 3.82. The molecule has 77 valence electrons. The van der Waals surface area contributed by atoms with Gasteiger partial charge in [-0.05, 0) is 16.0 Å². The number of allylic oxidation sites excluding steroid dienone is 2. The lowest BCUT2D eigenvalue weighted by Crippen LogP contribution is -2.34. The summed E-state index contributed by atoms with van der Waals surface area (Å²) in [5, 5.41) is 4.84. The minimum absolute atomic E-state index is 0.0337. The number of hydrogen-bond donors (Lipinski definition) is 1. The van der Waals surface area contributed by atoms with Crippen LogP contribution in [0.5, 0.6) is 0 Å². The largest absolute Gasteiger partial charge is 0.342 e. The predicted molar refractivity (Wildman–Crippen MR) is 62.7 cm³/mol. The Labute approximate surface area is 93.3 Å². The molecule has 1 aromatic carbocycles. The Bertz CT molecular complexity index is 622. The van der Waals surface area contributed by atoms with Crippen LogP contribution in [0, 0.1) is 0 Å². The van der Waals surface area contributed by atoms with Gasteiger partial charge in [0.25, 0.3) is 5.91 Å². The molecule has 1 radical (unpaired) electrons. The standard InChI is InChI=1S/C14H10NO/c16-14-9-10-5-1-2-6-11(10)12-7-3-4-8-13(12)15-14/h1-8,13H,(H,15,16). The van der Waals surface area contributed by atoms with Crippen molar-refractivity contribution in [1.29, 1.82) is 0 Å². The first kappa shape index (κ1) is 9.16. The van der Waals surface area contributed by atoms with Gasteiger partial charge in [-0.15, -0.1) is 0 Å². The summed E-state index contributed by atoms with van der Waals surface area (Å²) >= 11 is 0. The number of carbonyl (C=O) groups excluding carboxylic acids is 1. The van der Waals surface area contributed by atoms with E-state index >= 15 is 0 Å². The second kappa shape index (κ2) is 3.49. The molecule has 0 saturated carbocycles. The van der Waals surface area contributed by atoms with Gasteiger partial charge in [0.15, 0.2) is 0 Å². The minimum atomic E-state index is -0.160. The third-order valence-corrected chi connectivity index (χ3v) is 2.80. The number of carbonyl (C=O) groups is 1. The Hall–Kier alpha value is -2.09. The monoisotopic (exact) mass is 208 g/mol. The number of rotatable bonds is 0. The summed E-state index contributed by atoms with van der Waals surface area (Å²) in [4.78, 5) is 11.6. The molecule has 1 aliphatic carbocycles. The topological polar surface area (TPSA) is 29.1 Å². The SMILES string of the molecule is O=C1[C]=c2ccccc2=C2C=CC=CC2N1. The number of benzene rings is 1. The number of hydrogen-bond acceptors (Lipinski definition) is 1. The van der Waals surface area contributed by atoms with Gasteiger partial charge in [-0.1, -0.05) is 48.6 Å². The van der Waals surface area contributed by atoms with Gasteiger partial charge < -0.3 is 5.32 Å². The third-order valence-electron chi connectivity index (χ3n) is 2.80. The number of nitrogens with one attached hydrogen (secondary N) is 1. The van der Waals surface area contributed by atoms with Crippen LogP contribution in [0.3, 0.4) is 0 Å². The van der Waals surface area contributed by atoms with Crippen LogP contribution in [0.2, 0.25) is 0 Å². The van der Waals surface area contributed by atoms with E-state index in [0.29, 0.717) is 0 Å². The van der Waals surface area contributed by atoms with Crippen molar-refractivity contribution < 1.29 is 4.79 Å². The summed E-state index contributed by atoms with van der Waals surface area (Å²) < 4.78 is 0. The molecular weight excluding hydrogens is 198 g/mol. The minimum Gasteiger partial charge on any atom is -0.342 e. The van der Waals surface area contributed by atoms with Gasteiger partial charge in [-0.25, -0.2) is 0 Å². The van der Waals surface area contributed by atoms with Crippen LogP contribution in [0.4, 0.5) is 0 Å². The first-order chi connectivity index (χ1) is 7.84. The normalized spacial score (nSPS) is 21.6. The molecule has 0 aromatic heterocycles. The summed E-state index contributed by atoms with van der Waals surface area (Å²) in [5.41, 5.74) is 1.12.